The number of fused-ring (bicyclic) bond motifs is 1. The van der Waals surface area contributed by atoms with Crippen molar-refractivity contribution in [1.29, 1.82) is 0 Å². The van der Waals surface area contributed by atoms with Gasteiger partial charge in [-0.2, -0.15) is 15.3 Å². The highest BCUT2D eigenvalue weighted by Gasteiger charge is 2.23. The Morgan fingerprint density at radius 3 is 2.62 bits per heavy atom. The Labute approximate surface area is 215 Å². The number of aromatic nitrogens is 5. The third-order valence-corrected chi connectivity index (χ3v) is 6.68. The van der Waals surface area contributed by atoms with Gasteiger partial charge in [-0.3, -0.25) is 5.10 Å². The zero-order valence-electron chi connectivity index (χ0n) is 21.6. The van der Waals surface area contributed by atoms with E-state index < -0.39 is 0 Å². The summed E-state index contributed by atoms with van der Waals surface area (Å²) in [5.41, 5.74) is 5.62. The maximum Gasteiger partial charge on any atom is 0.409 e. The second-order valence-electron chi connectivity index (χ2n) is 9.14. The molecule has 192 valence electrons. The number of carbonyl (C=O) groups is 1. The zero-order chi connectivity index (χ0) is 25.9. The first-order valence-corrected chi connectivity index (χ1v) is 12.5. The Bertz CT molecular complexity index is 1370. The van der Waals surface area contributed by atoms with Crippen LogP contribution in [0.1, 0.15) is 36.8 Å². The summed E-state index contributed by atoms with van der Waals surface area (Å²) in [6.07, 6.45) is 3.18. The van der Waals surface area contributed by atoms with Gasteiger partial charge in [0.15, 0.2) is 0 Å². The number of ether oxygens (including phenoxy) is 2. The predicted molar refractivity (Wildman–Crippen MR) is 141 cm³/mol. The average molecular weight is 502 g/mol. The number of aromatic amines is 1. The summed E-state index contributed by atoms with van der Waals surface area (Å²) in [7, 11) is 0. The molecule has 0 aliphatic carbocycles. The Morgan fingerprint density at radius 2 is 1.92 bits per heavy atom. The normalized spacial score (nSPS) is 14.6. The van der Waals surface area contributed by atoms with Crippen molar-refractivity contribution >= 4 is 22.8 Å². The van der Waals surface area contributed by atoms with Crippen LogP contribution in [0.15, 0.2) is 42.7 Å². The molecule has 1 fully saturated rings. The van der Waals surface area contributed by atoms with Crippen molar-refractivity contribution in [2.45, 2.75) is 33.8 Å². The summed E-state index contributed by atoms with van der Waals surface area (Å²) in [6, 6.07) is 9.95. The topological polar surface area (TPSA) is 109 Å². The van der Waals surface area contributed by atoms with Crippen LogP contribution in [0.2, 0.25) is 0 Å². The molecular weight excluding hydrogens is 470 g/mol. The molecule has 0 saturated carbocycles. The van der Waals surface area contributed by atoms with Gasteiger partial charge in [-0.15, -0.1) is 0 Å². The number of H-pyrrole nitrogens is 1. The fourth-order valence-corrected chi connectivity index (χ4v) is 4.82. The molecular formula is C27H31N7O3. The molecule has 1 aromatic carbocycles. The van der Waals surface area contributed by atoms with Gasteiger partial charge in [0.25, 0.3) is 0 Å². The van der Waals surface area contributed by atoms with Gasteiger partial charge in [-0.05, 0) is 63.6 Å². The molecule has 0 bridgehead atoms. The van der Waals surface area contributed by atoms with Gasteiger partial charge in [0, 0.05) is 48.9 Å². The van der Waals surface area contributed by atoms with E-state index in [4.69, 9.17) is 14.5 Å². The number of nitrogens with zero attached hydrogens (tertiary/aromatic N) is 6. The number of carbonyl (C=O) groups excluding carboxylic acids is 1. The molecule has 1 aliphatic heterocycles. The summed E-state index contributed by atoms with van der Waals surface area (Å²) < 4.78 is 11.4. The minimum absolute atomic E-state index is 0.173. The Kier molecular flexibility index (Phi) is 6.89. The van der Waals surface area contributed by atoms with E-state index >= 15 is 0 Å². The first kappa shape index (κ1) is 24.5. The Hall–Kier alpha value is -4.21. The summed E-state index contributed by atoms with van der Waals surface area (Å²) in [5, 5.41) is 16.8. The van der Waals surface area contributed by atoms with Crippen LogP contribution < -0.4 is 9.64 Å². The first-order chi connectivity index (χ1) is 17.9. The number of pyridine rings is 1. The molecule has 1 N–H and O–H groups in total. The SMILES string of the molecule is CCOC(=O)N1CCN(c2ccc(-c3n[nH]c4ccc(O[C@H](C)c5c(C)cnnc5C)cc34)cn2)CC1. The van der Waals surface area contributed by atoms with Gasteiger partial charge in [0.2, 0.25) is 0 Å². The fourth-order valence-electron chi connectivity index (χ4n) is 4.82. The van der Waals surface area contributed by atoms with Crippen molar-refractivity contribution in [2.75, 3.05) is 37.7 Å². The van der Waals surface area contributed by atoms with Crippen molar-refractivity contribution in [3.63, 3.8) is 0 Å². The van der Waals surface area contributed by atoms with E-state index in [-0.39, 0.29) is 12.2 Å². The van der Waals surface area contributed by atoms with Crippen LogP contribution in [-0.2, 0) is 4.74 Å². The molecule has 10 nitrogen and oxygen atoms in total. The maximum absolute atomic E-state index is 12.0. The largest absolute Gasteiger partial charge is 0.486 e. The number of rotatable bonds is 6. The predicted octanol–water partition coefficient (Wildman–Crippen LogP) is 4.45. The molecule has 37 heavy (non-hydrogen) atoms. The summed E-state index contributed by atoms with van der Waals surface area (Å²) in [4.78, 5) is 20.6. The number of hydrogen-bond acceptors (Lipinski definition) is 8. The van der Waals surface area contributed by atoms with E-state index in [0.717, 1.165) is 50.5 Å². The minimum atomic E-state index is -0.253. The van der Waals surface area contributed by atoms with Crippen LogP contribution in [0.3, 0.4) is 0 Å². The number of hydrogen-bond donors (Lipinski definition) is 1. The van der Waals surface area contributed by atoms with Gasteiger partial charge in [0.1, 0.15) is 23.4 Å². The molecule has 5 rings (SSSR count). The lowest BCUT2D eigenvalue weighted by Crippen LogP contribution is -2.49. The van der Waals surface area contributed by atoms with Crippen LogP contribution in [0, 0.1) is 13.8 Å². The summed E-state index contributed by atoms with van der Waals surface area (Å²) in [6.45, 7) is 10.8. The smallest absolute Gasteiger partial charge is 0.409 e. The Balaban J connectivity index is 1.31. The second-order valence-corrected chi connectivity index (χ2v) is 9.14. The highest BCUT2D eigenvalue weighted by atomic mass is 16.6. The van der Waals surface area contributed by atoms with Gasteiger partial charge in [-0.25, -0.2) is 9.78 Å². The first-order valence-electron chi connectivity index (χ1n) is 12.5. The van der Waals surface area contributed by atoms with Gasteiger partial charge in [0.05, 0.1) is 24.0 Å². The van der Waals surface area contributed by atoms with Crippen molar-refractivity contribution in [3.8, 4) is 17.0 Å². The van der Waals surface area contributed by atoms with E-state index in [1.165, 1.54) is 0 Å². The van der Waals surface area contributed by atoms with Gasteiger partial charge >= 0.3 is 6.09 Å². The fraction of sp³-hybridized carbons (Fsp3) is 0.370. The van der Waals surface area contributed by atoms with E-state index in [0.29, 0.717) is 32.8 Å². The lowest BCUT2D eigenvalue weighted by molar-refractivity contribution is 0.105. The molecule has 1 aliphatic rings. The van der Waals surface area contributed by atoms with E-state index in [9.17, 15) is 4.79 Å². The molecule has 1 amide bonds. The van der Waals surface area contributed by atoms with Crippen LogP contribution in [0.25, 0.3) is 22.2 Å². The number of piperazine rings is 1. The van der Waals surface area contributed by atoms with Crippen molar-refractivity contribution in [3.05, 3.63) is 59.5 Å². The third kappa shape index (κ3) is 5.04. The molecule has 4 aromatic rings. The van der Waals surface area contributed by atoms with Crippen molar-refractivity contribution in [2.24, 2.45) is 0 Å². The zero-order valence-corrected chi connectivity index (χ0v) is 21.6. The molecule has 1 saturated heterocycles. The lowest BCUT2D eigenvalue weighted by atomic mass is 10.0. The van der Waals surface area contributed by atoms with E-state index in [1.807, 2.05) is 64.2 Å². The summed E-state index contributed by atoms with van der Waals surface area (Å²) >= 11 is 0. The van der Waals surface area contributed by atoms with Gasteiger partial charge in [-0.1, -0.05) is 0 Å². The maximum atomic E-state index is 12.0. The van der Waals surface area contributed by atoms with Crippen LogP contribution in [0.4, 0.5) is 10.6 Å². The minimum Gasteiger partial charge on any atom is -0.486 e. The molecule has 0 radical (unpaired) electrons. The van der Waals surface area contributed by atoms with E-state index in [1.54, 1.807) is 11.1 Å². The number of benzene rings is 1. The molecule has 4 heterocycles. The van der Waals surface area contributed by atoms with Crippen molar-refractivity contribution < 1.29 is 14.3 Å². The quantitative estimate of drug-likeness (QED) is 0.413. The highest BCUT2D eigenvalue weighted by Crippen LogP contribution is 2.32. The summed E-state index contributed by atoms with van der Waals surface area (Å²) in [5.74, 6) is 1.63. The molecule has 0 spiro atoms. The Morgan fingerprint density at radius 1 is 1.11 bits per heavy atom. The number of nitrogens with one attached hydrogen (secondary N) is 1. The second kappa shape index (κ2) is 10.4. The molecule has 0 unspecified atom stereocenters. The van der Waals surface area contributed by atoms with Gasteiger partial charge < -0.3 is 19.3 Å². The van der Waals surface area contributed by atoms with Crippen molar-refractivity contribution in [1.82, 2.24) is 30.3 Å². The standard InChI is InChI=1S/C27H31N7O3/c1-5-36-27(35)34-12-10-33(11-13-34)24-9-6-20(16-28-24)26-22-14-21(7-8-23(22)31-32-26)37-19(4)25-17(2)15-29-30-18(25)3/h6-9,14-16,19H,5,10-13H2,1-4H3,(H,31,32)/t19-/m1/s1. The number of amides is 1. The molecule has 1 atom stereocenters. The number of anilines is 1. The van der Waals surface area contributed by atoms with Crippen LogP contribution in [-0.4, -0.2) is 69.2 Å². The monoisotopic (exact) mass is 501 g/mol. The van der Waals surface area contributed by atoms with Crippen LogP contribution >= 0.6 is 0 Å². The van der Waals surface area contributed by atoms with E-state index in [2.05, 4.69) is 25.3 Å². The van der Waals surface area contributed by atoms with Crippen LogP contribution in [0.5, 0.6) is 5.75 Å². The lowest BCUT2D eigenvalue weighted by Gasteiger charge is -2.34. The highest BCUT2D eigenvalue weighted by molar-refractivity contribution is 5.93. The average Bonchev–Trinajstić information content (AvgIpc) is 3.32. The molecule has 10 heteroatoms. The third-order valence-electron chi connectivity index (χ3n) is 6.68. The number of aryl methyl sites for hydroxylation is 2. The molecule has 3 aromatic heterocycles.